The number of aromatic nitrogens is 2. The van der Waals surface area contributed by atoms with E-state index in [1.54, 1.807) is 23.0 Å². The van der Waals surface area contributed by atoms with Crippen molar-refractivity contribution >= 4 is 23.4 Å². The number of para-hydroxylation sites is 1. The van der Waals surface area contributed by atoms with Gasteiger partial charge in [-0.25, -0.2) is 9.48 Å². The van der Waals surface area contributed by atoms with Gasteiger partial charge in [-0.05, 0) is 30.7 Å². The number of amides is 2. The van der Waals surface area contributed by atoms with E-state index in [2.05, 4.69) is 15.7 Å². The predicted molar refractivity (Wildman–Crippen MR) is 95.6 cm³/mol. The Hall–Kier alpha value is -2.79. The van der Waals surface area contributed by atoms with Gasteiger partial charge in [0.2, 0.25) is 0 Å². The zero-order valence-corrected chi connectivity index (χ0v) is 13.9. The smallest absolute Gasteiger partial charge is 0.320 e. The van der Waals surface area contributed by atoms with E-state index in [-0.39, 0.29) is 12.1 Å². The number of nitrogens with one attached hydrogen (secondary N) is 2. The molecule has 0 saturated carbocycles. The van der Waals surface area contributed by atoms with Crippen LogP contribution < -0.4 is 10.6 Å². The van der Waals surface area contributed by atoms with Crippen molar-refractivity contribution in [3.63, 3.8) is 0 Å². The summed E-state index contributed by atoms with van der Waals surface area (Å²) in [5.74, 6) is 0.475. The second-order valence-corrected chi connectivity index (χ2v) is 5.73. The van der Waals surface area contributed by atoms with Crippen LogP contribution in [0.15, 0.2) is 66.9 Å². The largest absolute Gasteiger partial charge is 0.331 e. The lowest BCUT2D eigenvalue weighted by atomic mass is 10.1. The van der Waals surface area contributed by atoms with E-state index in [0.717, 1.165) is 11.3 Å². The topological polar surface area (TPSA) is 59.0 Å². The molecule has 3 aromatic rings. The van der Waals surface area contributed by atoms with E-state index in [0.29, 0.717) is 10.8 Å². The van der Waals surface area contributed by atoms with Gasteiger partial charge in [0.05, 0.1) is 11.7 Å². The molecule has 2 amide bonds. The zero-order chi connectivity index (χ0) is 16.9. The fourth-order valence-electron chi connectivity index (χ4n) is 2.37. The summed E-state index contributed by atoms with van der Waals surface area (Å²) in [6.07, 6.45) is 1.79. The Labute approximate surface area is 145 Å². The molecule has 0 radical (unpaired) electrons. The van der Waals surface area contributed by atoms with Gasteiger partial charge >= 0.3 is 6.03 Å². The highest BCUT2D eigenvalue weighted by atomic mass is 35.5. The fraction of sp³-hybridized carbons (Fsp3) is 0.111. The molecule has 0 aliphatic rings. The third kappa shape index (κ3) is 3.75. The second kappa shape index (κ2) is 7.19. The molecular weight excluding hydrogens is 324 g/mol. The molecule has 0 fully saturated rings. The number of benzene rings is 2. The van der Waals surface area contributed by atoms with Crippen LogP contribution in [0.1, 0.15) is 18.5 Å². The summed E-state index contributed by atoms with van der Waals surface area (Å²) in [5, 5.41) is 10.5. The van der Waals surface area contributed by atoms with Crippen molar-refractivity contribution < 1.29 is 4.79 Å². The van der Waals surface area contributed by atoms with E-state index >= 15 is 0 Å². The Morgan fingerprint density at radius 3 is 2.54 bits per heavy atom. The van der Waals surface area contributed by atoms with E-state index in [1.165, 1.54) is 0 Å². The third-order valence-electron chi connectivity index (χ3n) is 3.57. The van der Waals surface area contributed by atoms with Crippen LogP contribution in [0.4, 0.5) is 10.6 Å². The highest BCUT2D eigenvalue weighted by molar-refractivity contribution is 6.31. The molecule has 2 aromatic carbocycles. The van der Waals surface area contributed by atoms with Crippen LogP contribution >= 0.6 is 11.6 Å². The Bertz CT molecular complexity index is 832. The monoisotopic (exact) mass is 340 g/mol. The highest BCUT2D eigenvalue weighted by Gasteiger charge is 2.13. The average molecular weight is 341 g/mol. The molecule has 122 valence electrons. The lowest BCUT2D eigenvalue weighted by molar-refractivity contribution is 0.249. The minimum atomic E-state index is -0.333. The van der Waals surface area contributed by atoms with E-state index in [1.807, 2.05) is 55.5 Å². The van der Waals surface area contributed by atoms with Crippen molar-refractivity contribution in [3.8, 4) is 5.69 Å². The van der Waals surface area contributed by atoms with Crippen LogP contribution in [0.2, 0.25) is 5.02 Å². The summed E-state index contributed by atoms with van der Waals surface area (Å²) in [6, 6.07) is 18.3. The molecule has 1 heterocycles. The summed E-state index contributed by atoms with van der Waals surface area (Å²) >= 11 is 6.15. The first-order valence-electron chi connectivity index (χ1n) is 7.56. The molecule has 0 aliphatic heterocycles. The normalized spacial score (nSPS) is 11.8. The van der Waals surface area contributed by atoms with Gasteiger partial charge in [-0.15, -0.1) is 5.10 Å². The third-order valence-corrected chi connectivity index (χ3v) is 3.91. The maximum absolute atomic E-state index is 12.1. The van der Waals surface area contributed by atoms with Crippen LogP contribution in [0.25, 0.3) is 5.69 Å². The number of hydrogen-bond donors (Lipinski definition) is 2. The molecule has 2 N–H and O–H groups in total. The van der Waals surface area contributed by atoms with Crippen LogP contribution in [0, 0.1) is 0 Å². The Balaban J connectivity index is 1.63. The lowest BCUT2D eigenvalue weighted by Crippen LogP contribution is -2.31. The lowest BCUT2D eigenvalue weighted by Gasteiger charge is -2.15. The minimum absolute atomic E-state index is 0.213. The number of carbonyl (C=O) groups excluding carboxylic acids is 1. The molecule has 1 unspecified atom stereocenters. The first-order chi connectivity index (χ1) is 11.6. The van der Waals surface area contributed by atoms with Crippen molar-refractivity contribution in [1.82, 2.24) is 15.1 Å². The zero-order valence-electron chi connectivity index (χ0n) is 13.1. The van der Waals surface area contributed by atoms with Crippen molar-refractivity contribution in [2.24, 2.45) is 0 Å². The van der Waals surface area contributed by atoms with Gasteiger partial charge in [0, 0.05) is 17.3 Å². The molecule has 24 heavy (non-hydrogen) atoms. The number of rotatable bonds is 4. The number of hydrogen-bond acceptors (Lipinski definition) is 2. The molecule has 5 nitrogen and oxygen atoms in total. The van der Waals surface area contributed by atoms with Crippen LogP contribution in [0.3, 0.4) is 0 Å². The molecule has 1 atom stereocenters. The molecule has 0 aliphatic carbocycles. The van der Waals surface area contributed by atoms with Crippen molar-refractivity contribution in [3.05, 3.63) is 77.4 Å². The molecule has 3 rings (SSSR count). The molecule has 0 bridgehead atoms. The van der Waals surface area contributed by atoms with Gasteiger partial charge < -0.3 is 5.32 Å². The first-order valence-corrected chi connectivity index (χ1v) is 7.94. The van der Waals surface area contributed by atoms with Gasteiger partial charge in [0.15, 0.2) is 5.82 Å². The number of halogens is 1. The van der Waals surface area contributed by atoms with Crippen molar-refractivity contribution in [2.75, 3.05) is 5.32 Å². The molecule has 0 saturated heterocycles. The molecule has 1 aromatic heterocycles. The number of nitrogens with zero attached hydrogens (tertiary/aromatic N) is 2. The van der Waals surface area contributed by atoms with E-state index < -0.39 is 0 Å². The average Bonchev–Trinajstić information content (AvgIpc) is 3.04. The van der Waals surface area contributed by atoms with Crippen molar-refractivity contribution in [2.45, 2.75) is 13.0 Å². The molecule has 6 heteroatoms. The maximum atomic E-state index is 12.1. The number of urea groups is 1. The fourth-order valence-corrected chi connectivity index (χ4v) is 2.67. The summed E-state index contributed by atoms with van der Waals surface area (Å²) in [4.78, 5) is 12.1. The maximum Gasteiger partial charge on any atom is 0.320 e. The second-order valence-electron chi connectivity index (χ2n) is 5.32. The van der Waals surface area contributed by atoms with Gasteiger partial charge in [-0.3, -0.25) is 5.32 Å². The Kier molecular flexibility index (Phi) is 4.82. The summed E-state index contributed by atoms with van der Waals surface area (Å²) in [5.41, 5.74) is 1.79. The standard InChI is InChI=1S/C18H17ClN4O/c1-13(15-9-5-6-10-16(15)19)20-18(24)21-17-11-12-23(22-17)14-7-3-2-4-8-14/h2-13H,1H3,(H2,20,21,22,24). The van der Waals surface area contributed by atoms with Crippen molar-refractivity contribution in [1.29, 1.82) is 0 Å². The first kappa shape index (κ1) is 16.1. The number of carbonyl (C=O) groups is 1. The van der Waals surface area contributed by atoms with Gasteiger partial charge in [-0.2, -0.15) is 0 Å². The Morgan fingerprint density at radius 1 is 1.08 bits per heavy atom. The quantitative estimate of drug-likeness (QED) is 0.739. The number of anilines is 1. The predicted octanol–water partition coefficient (Wildman–Crippen LogP) is 4.41. The molecular formula is C18H17ClN4O. The minimum Gasteiger partial charge on any atom is -0.331 e. The molecule has 0 spiro atoms. The van der Waals surface area contributed by atoms with Crippen LogP contribution in [-0.4, -0.2) is 15.8 Å². The SMILES string of the molecule is CC(NC(=O)Nc1ccn(-c2ccccc2)n1)c1ccccc1Cl. The Morgan fingerprint density at radius 2 is 1.79 bits per heavy atom. The van der Waals surface area contributed by atoms with Crippen LogP contribution in [-0.2, 0) is 0 Å². The van der Waals surface area contributed by atoms with Crippen LogP contribution in [0.5, 0.6) is 0 Å². The summed E-state index contributed by atoms with van der Waals surface area (Å²) in [7, 11) is 0. The summed E-state index contributed by atoms with van der Waals surface area (Å²) < 4.78 is 1.70. The van der Waals surface area contributed by atoms with Gasteiger partial charge in [0.25, 0.3) is 0 Å². The van der Waals surface area contributed by atoms with Gasteiger partial charge in [0.1, 0.15) is 0 Å². The summed E-state index contributed by atoms with van der Waals surface area (Å²) in [6.45, 7) is 1.88. The van der Waals surface area contributed by atoms with E-state index in [4.69, 9.17) is 11.6 Å². The van der Waals surface area contributed by atoms with Gasteiger partial charge in [-0.1, -0.05) is 48.0 Å². The van der Waals surface area contributed by atoms with E-state index in [9.17, 15) is 4.79 Å². The highest BCUT2D eigenvalue weighted by Crippen LogP contribution is 2.22.